The maximum atomic E-state index is 11.6. The first-order valence-electron chi connectivity index (χ1n) is 6.57. The quantitative estimate of drug-likeness (QED) is 0.862. The van der Waals surface area contributed by atoms with Crippen LogP contribution in [-0.2, 0) is 5.41 Å². The van der Waals surface area contributed by atoms with Crippen molar-refractivity contribution in [3.05, 3.63) is 50.5 Å². The van der Waals surface area contributed by atoms with E-state index in [2.05, 4.69) is 30.7 Å². The van der Waals surface area contributed by atoms with Crippen LogP contribution in [0.25, 0.3) is 11.3 Å². The number of halogens is 1. The van der Waals surface area contributed by atoms with Gasteiger partial charge in [-0.05, 0) is 19.9 Å². The van der Waals surface area contributed by atoms with E-state index in [4.69, 9.17) is 11.6 Å². The first-order valence-corrected chi connectivity index (χ1v) is 6.95. The van der Waals surface area contributed by atoms with E-state index in [1.54, 1.807) is 12.1 Å². The Morgan fingerprint density at radius 3 is 2.35 bits per heavy atom. The molecule has 0 aliphatic rings. The lowest BCUT2D eigenvalue weighted by Crippen LogP contribution is -2.15. The van der Waals surface area contributed by atoms with Crippen LogP contribution in [0.1, 0.15) is 37.9 Å². The molecule has 0 amide bonds. The minimum absolute atomic E-state index is 0.0216. The van der Waals surface area contributed by atoms with Crippen molar-refractivity contribution in [1.82, 2.24) is 9.97 Å². The van der Waals surface area contributed by atoms with Crippen molar-refractivity contribution in [3.8, 4) is 11.3 Å². The van der Waals surface area contributed by atoms with Crippen LogP contribution in [0.3, 0.4) is 0 Å². The van der Waals surface area contributed by atoms with Gasteiger partial charge < -0.3 is 4.98 Å². The van der Waals surface area contributed by atoms with Gasteiger partial charge in [0.15, 0.2) is 5.43 Å². The summed E-state index contributed by atoms with van der Waals surface area (Å²) in [5, 5.41) is 0.625. The van der Waals surface area contributed by atoms with E-state index < -0.39 is 0 Å². The third-order valence-corrected chi connectivity index (χ3v) is 3.43. The maximum Gasteiger partial charge on any atom is 0.182 e. The van der Waals surface area contributed by atoms with Gasteiger partial charge in [0.1, 0.15) is 0 Å². The Hall–Kier alpha value is -1.61. The molecule has 0 saturated carbocycles. The Balaban J connectivity index is 2.65. The molecular formula is C16H19ClN2O. The summed E-state index contributed by atoms with van der Waals surface area (Å²) >= 11 is 6.36. The highest BCUT2D eigenvalue weighted by atomic mass is 35.5. The Kier molecular flexibility index (Phi) is 3.74. The van der Waals surface area contributed by atoms with E-state index in [9.17, 15) is 4.79 Å². The molecule has 0 saturated heterocycles. The van der Waals surface area contributed by atoms with E-state index in [1.807, 2.05) is 19.9 Å². The highest BCUT2D eigenvalue weighted by Gasteiger charge is 2.21. The zero-order chi connectivity index (χ0) is 15.1. The van der Waals surface area contributed by atoms with Gasteiger partial charge in [-0.1, -0.05) is 32.4 Å². The number of pyridine rings is 2. The number of aromatic nitrogens is 2. The lowest BCUT2D eigenvalue weighted by molar-refractivity contribution is 0.567. The van der Waals surface area contributed by atoms with Crippen molar-refractivity contribution >= 4 is 11.6 Å². The van der Waals surface area contributed by atoms with E-state index in [0.29, 0.717) is 5.02 Å². The molecule has 0 aromatic carbocycles. The molecule has 0 bridgehead atoms. The summed E-state index contributed by atoms with van der Waals surface area (Å²) in [6, 6.07) is 5.02. The van der Waals surface area contributed by atoms with Crippen LogP contribution in [0.5, 0.6) is 0 Å². The summed E-state index contributed by atoms with van der Waals surface area (Å²) in [6.45, 7) is 10.0. The molecule has 1 N–H and O–H groups in total. The number of aromatic amines is 1. The summed E-state index contributed by atoms with van der Waals surface area (Å²) in [4.78, 5) is 19.5. The van der Waals surface area contributed by atoms with E-state index in [0.717, 1.165) is 28.3 Å². The normalized spacial score (nSPS) is 11.7. The lowest BCUT2D eigenvalue weighted by Gasteiger charge is -2.21. The van der Waals surface area contributed by atoms with E-state index in [1.165, 1.54) is 0 Å². The molecule has 0 atom stereocenters. The topological polar surface area (TPSA) is 45.8 Å². The fraction of sp³-hybridized carbons (Fsp3) is 0.375. The number of hydrogen-bond donors (Lipinski definition) is 1. The van der Waals surface area contributed by atoms with Crippen LogP contribution >= 0.6 is 11.6 Å². The largest absolute Gasteiger partial charge is 0.358 e. The molecule has 0 spiro atoms. The van der Waals surface area contributed by atoms with Gasteiger partial charge in [0.05, 0.1) is 16.4 Å². The van der Waals surface area contributed by atoms with Crippen molar-refractivity contribution in [2.24, 2.45) is 0 Å². The van der Waals surface area contributed by atoms with Gasteiger partial charge >= 0.3 is 0 Å². The van der Waals surface area contributed by atoms with E-state index in [-0.39, 0.29) is 10.8 Å². The minimum Gasteiger partial charge on any atom is -0.358 e. The lowest BCUT2D eigenvalue weighted by atomic mass is 9.90. The second kappa shape index (κ2) is 5.06. The fourth-order valence-electron chi connectivity index (χ4n) is 2.21. The molecule has 2 rings (SSSR count). The van der Waals surface area contributed by atoms with Crippen molar-refractivity contribution in [2.45, 2.75) is 40.0 Å². The molecule has 0 unspecified atom stereocenters. The summed E-state index contributed by atoms with van der Waals surface area (Å²) < 4.78 is 0. The molecule has 2 aromatic rings. The standard InChI is InChI=1S/C16H19ClN2O/c1-9-6-11(20)7-14(18-9)12-8-13(17)15(16(3,4)5)19-10(12)2/h6-8H,1-5H3,(H,18,20). The zero-order valence-corrected chi connectivity index (χ0v) is 13.2. The number of H-pyrrole nitrogens is 1. The minimum atomic E-state index is -0.111. The van der Waals surface area contributed by atoms with Crippen molar-refractivity contribution < 1.29 is 0 Å². The molecular weight excluding hydrogens is 272 g/mol. The second-order valence-corrected chi connectivity index (χ2v) is 6.52. The van der Waals surface area contributed by atoms with Gasteiger partial charge in [-0.25, -0.2) is 0 Å². The summed E-state index contributed by atoms with van der Waals surface area (Å²) in [5.74, 6) is 0. The molecule has 20 heavy (non-hydrogen) atoms. The first kappa shape index (κ1) is 14.8. The van der Waals surface area contributed by atoms with Crippen LogP contribution in [-0.4, -0.2) is 9.97 Å². The summed E-state index contributed by atoms with van der Waals surface area (Å²) in [7, 11) is 0. The van der Waals surface area contributed by atoms with Gasteiger partial charge in [0.25, 0.3) is 0 Å². The third-order valence-electron chi connectivity index (χ3n) is 3.14. The predicted octanol–water partition coefficient (Wildman–Crippen LogP) is 4.00. The van der Waals surface area contributed by atoms with Crippen LogP contribution < -0.4 is 5.43 Å². The van der Waals surface area contributed by atoms with Gasteiger partial charge in [-0.2, -0.15) is 0 Å². The highest BCUT2D eigenvalue weighted by molar-refractivity contribution is 6.31. The molecule has 0 aliphatic heterocycles. The average Bonchev–Trinajstić information content (AvgIpc) is 2.28. The second-order valence-electron chi connectivity index (χ2n) is 6.11. The molecule has 0 aliphatic carbocycles. The molecule has 2 heterocycles. The summed E-state index contributed by atoms with van der Waals surface area (Å²) in [5.41, 5.74) is 4.04. The fourth-order valence-corrected chi connectivity index (χ4v) is 2.64. The van der Waals surface area contributed by atoms with Crippen LogP contribution in [0.2, 0.25) is 5.02 Å². The smallest absolute Gasteiger partial charge is 0.182 e. The monoisotopic (exact) mass is 290 g/mol. The number of rotatable bonds is 1. The molecule has 2 aromatic heterocycles. The van der Waals surface area contributed by atoms with Crippen molar-refractivity contribution in [2.75, 3.05) is 0 Å². The number of hydrogen-bond acceptors (Lipinski definition) is 2. The Bertz CT molecular complexity index is 711. The van der Waals surface area contributed by atoms with Crippen molar-refractivity contribution in [1.29, 1.82) is 0 Å². The number of nitrogens with zero attached hydrogens (tertiary/aromatic N) is 1. The van der Waals surface area contributed by atoms with E-state index >= 15 is 0 Å². The molecule has 3 nitrogen and oxygen atoms in total. The van der Waals surface area contributed by atoms with Crippen LogP contribution in [0.4, 0.5) is 0 Å². The van der Waals surface area contributed by atoms with Crippen LogP contribution in [0, 0.1) is 13.8 Å². The molecule has 0 radical (unpaired) electrons. The van der Waals surface area contributed by atoms with Crippen molar-refractivity contribution in [3.63, 3.8) is 0 Å². The Labute approximate surface area is 124 Å². The third kappa shape index (κ3) is 2.93. The van der Waals surface area contributed by atoms with Crippen LogP contribution in [0.15, 0.2) is 23.0 Å². The molecule has 106 valence electrons. The first-order chi connectivity index (χ1) is 9.18. The molecule has 0 fully saturated rings. The highest BCUT2D eigenvalue weighted by Crippen LogP contribution is 2.32. The average molecular weight is 291 g/mol. The Morgan fingerprint density at radius 2 is 1.80 bits per heavy atom. The maximum absolute atomic E-state index is 11.6. The SMILES string of the molecule is Cc1cc(=O)cc(-c2cc(Cl)c(C(C)(C)C)nc2C)[nH]1. The van der Waals surface area contributed by atoms with Gasteiger partial charge in [-0.3, -0.25) is 9.78 Å². The number of aryl methyl sites for hydroxylation is 2. The summed E-state index contributed by atoms with van der Waals surface area (Å²) in [6.07, 6.45) is 0. The van der Waals surface area contributed by atoms with Gasteiger partial charge in [-0.15, -0.1) is 0 Å². The predicted molar refractivity (Wildman–Crippen MR) is 83.5 cm³/mol. The zero-order valence-electron chi connectivity index (χ0n) is 12.5. The molecule has 4 heteroatoms. The Morgan fingerprint density at radius 1 is 1.15 bits per heavy atom. The van der Waals surface area contributed by atoms with Gasteiger partial charge in [0.2, 0.25) is 0 Å². The van der Waals surface area contributed by atoms with Gasteiger partial charge in [0, 0.05) is 34.5 Å². The number of nitrogens with one attached hydrogen (secondary N) is 1.